The third-order valence-electron chi connectivity index (χ3n) is 3.57. The smallest absolute Gasteiger partial charge is 0.287 e. The second-order valence-corrected chi connectivity index (χ2v) is 5.60. The number of anilines is 1. The number of nitrogens with one attached hydrogen (secondary N) is 1. The van der Waals surface area contributed by atoms with Crippen LogP contribution in [0.2, 0.25) is 5.02 Å². The second-order valence-electron chi connectivity index (χ2n) is 5.23. The Morgan fingerprint density at radius 2 is 1.89 bits per heavy atom. The van der Waals surface area contributed by atoms with E-state index in [1.165, 1.54) is 4.68 Å². The van der Waals surface area contributed by atoms with Crippen LogP contribution >= 0.6 is 11.6 Å². The van der Waals surface area contributed by atoms with E-state index in [0.717, 1.165) is 12.8 Å². The highest BCUT2D eigenvalue weighted by Crippen LogP contribution is 2.21. The molecule has 0 spiro atoms. The van der Waals surface area contributed by atoms with Crippen LogP contribution in [0.25, 0.3) is 0 Å². The lowest BCUT2D eigenvalue weighted by molar-refractivity contribution is 0.437. The molecule has 0 saturated heterocycles. The van der Waals surface area contributed by atoms with Gasteiger partial charge in [-0.2, -0.15) is 5.10 Å². The summed E-state index contributed by atoms with van der Waals surface area (Å²) in [6.07, 6.45) is 3.83. The summed E-state index contributed by atoms with van der Waals surface area (Å²) in [4.78, 5) is 12.0. The van der Waals surface area contributed by atoms with Gasteiger partial charge in [-0.15, -0.1) is 0 Å². The van der Waals surface area contributed by atoms with Crippen molar-refractivity contribution in [1.82, 2.24) is 9.78 Å². The molecule has 1 atom stereocenters. The predicted molar refractivity (Wildman–Crippen MR) is 81.0 cm³/mol. The molecule has 0 saturated carbocycles. The van der Waals surface area contributed by atoms with E-state index in [9.17, 15) is 4.79 Å². The molecule has 4 nitrogen and oxygen atoms in total. The molecule has 5 heteroatoms. The number of rotatable bonds is 6. The van der Waals surface area contributed by atoms with Crippen LogP contribution in [-0.2, 0) is 0 Å². The number of hydrogen-bond donors (Lipinski definition) is 1. The molecule has 0 fully saturated rings. The van der Waals surface area contributed by atoms with Crippen LogP contribution < -0.4 is 10.9 Å². The van der Waals surface area contributed by atoms with Crippen molar-refractivity contribution >= 4 is 17.3 Å². The van der Waals surface area contributed by atoms with Gasteiger partial charge in [-0.05, 0) is 26.7 Å². The lowest BCUT2D eigenvalue weighted by atomic mass is 9.95. The first kappa shape index (κ1) is 16.0. The Bertz CT molecular complexity index is 466. The number of aromatic nitrogens is 2. The molecule has 1 rings (SSSR count). The zero-order valence-corrected chi connectivity index (χ0v) is 13.2. The summed E-state index contributed by atoms with van der Waals surface area (Å²) in [5.41, 5.74) is 0.390. The molecule has 0 aromatic carbocycles. The topological polar surface area (TPSA) is 46.9 Å². The van der Waals surface area contributed by atoms with Crippen LogP contribution in [0.4, 0.5) is 5.69 Å². The molecule has 0 bridgehead atoms. The molecule has 1 N–H and O–H groups in total. The third kappa shape index (κ3) is 3.72. The summed E-state index contributed by atoms with van der Waals surface area (Å²) < 4.78 is 1.40. The molecular formula is C14H24ClN3O. The van der Waals surface area contributed by atoms with Crippen LogP contribution in [0.5, 0.6) is 0 Å². The van der Waals surface area contributed by atoms with Crippen LogP contribution in [0.3, 0.4) is 0 Å². The average molecular weight is 286 g/mol. The Balaban J connectivity index is 2.98. The summed E-state index contributed by atoms with van der Waals surface area (Å²) >= 11 is 6.14. The molecule has 0 aliphatic rings. The van der Waals surface area contributed by atoms with Gasteiger partial charge in [0.05, 0.1) is 17.9 Å². The number of halogens is 1. The maximum absolute atomic E-state index is 12.0. The molecule has 0 aliphatic heterocycles. The molecular weight excluding hydrogens is 262 g/mol. The monoisotopic (exact) mass is 285 g/mol. The Kier molecular flexibility index (Phi) is 5.85. The SMILES string of the molecule is CCC(CC)C(C)Nc1cnn(C(C)C)c(=O)c1Cl. The summed E-state index contributed by atoms with van der Waals surface area (Å²) in [5.74, 6) is 0.559. The van der Waals surface area contributed by atoms with Crippen molar-refractivity contribution in [3.05, 3.63) is 21.6 Å². The zero-order valence-electron chi connectivity index (χ0n) is 12.4. The van der Waals surface area contributed by atoms with E-state index >= 15 is 0 Å². The molecule has 1 unspecified atom stereocenters. The van der Waals surface area contributed by atoms with E-state index in [1.807, 2.05) is 13.8 Å². The highest BCUT2D eigenvalue weighted by Gasteiger charge is 2.17. The zero-order chi connectivity index (χ0) is 14.6. The van der Waals surface area contributed by atoms with Gasteiger partial charge in [0, 0.05) is 6.04 Å². The van der Waals surface area contributed by atoms with Gasteiger partial charge >= 0.3 is 0 Å². The normalized spacial score (nSPS) is 13.1. The van der Waals surface area contributed by atoms with Gasteiger partial charge in [0.2, 0.25) is 0 Å². The highest BCUT2D eigenvalue weighted by atomic mass is 35.5. The van der Waals surface area contributed by atoms with Gasteiger partial charge in [-0.3, -0.25) is 4.79 Å². The first-order valence-corrected chi connectivity index (χ1v) is 7.33. The molecule has 1 aromatic heterocycles. The van der Waals surface area contributed by atoms with E-state index in [0.29, 0.717) is 11.6 Å². The molecule has 108 valence electrons. The molecule has 1 heterocycles. The number of hydrogen-bond acceptors (Lipinski definition) is 3. The summed E-state index contributed by atoms with van der Waals surface area (Å²) in [6.45, 7) is 10.3. The van der Waals surface area contributed by atoms with Gasteiger partial charge < -0.3 is 5.32 Å². The summed E-state index contributed by atoms with van der Waals surface area (Å²) in [7, 11) is 0. The Morgan fingerprint density at radius 3 is 2.37 bits per heavy atom. The van der Waals surface area contributed by atoms with E-state index in [-0.39, 0.29) is 22.7 Å². The maximum Gasteiger partial charge on any atom is 0.287 e. The van der Waals surface area contributed by atoms with Crippen molar-refractivity contribution in [3.8, 4) is 0 Å². The van der Waals surface area contributed by atoms with Gasteiger partial charge in [0.25, 0.3) is 5.56 Å². The van der Waals surface area contributed by atoms with E-state index < -0.39 is 0 Å². The fraction of sp³-hybridized carbons (Fsp3) is 0.714. The van der Waals surface area contributed by atoms with Gasteiger partial charge in [0.15, 0.2) is 0 Å². The van der Waals surface area contributed by atoms with Crippen molar-refractivity contribution in [2.75, 3.05) is 5.32 Å². The Hall–Kier alpha value is -1.03. The highest BCUT2D eigenvalue weighted by molar-refractivity contribution is 6.32. The summed E-state index contributed by atoms with van der Waals surface area (Å²) in [5, 5.41) is 7.69. The maximum atomic E-state index is 12.0. The van der Waals surface area contributed by atoms with Crippen molar-refractivity contribution in [3.63, 3.8) is 0 Å². The van der Waals surface area contributed by atoms with E-state index in [4.69, 9.17) is 11.6 Å². The first-order valence-electron chi connectivity index (χ1n) is 6.96. The molecule has 1 aromatic rings. The molecule has 0 aliphatic carbocycles. The van der Waals surface area contributed by atoms with Crippen molar-refractivity contribution in [2.24, 2.45) is 5.92 Å². The van der Waals surface area contributed by atoms with Crippen LogP contribution in [0.1, 0.15) is 53.5 Å². The van der Waals surface area contributed by atoms with Crippen LogP contribution in [0, 0.1) is 5.92 Å². The third-order valence-corrected chi connectivity index (χ3v) is 3.94. The average Bonchev–Trinajstić information content (AvgIpc) is 2.36. The molecule has 19 heavy (non-hydrogen) atoms. The largest absolute Gasteiger partial charge is 0.380 e. The van der Waals surface area contributed by atoms with Gasteiger partial charge in [-0.1, -0.05) is 38.3 Å². The van der Waals surface area contributed by atoms with Gasteiger partial charge in [-0.25, -0.2) is 4.68 Å². The minimum atomic E-state index is -0.238. The quantitative estimate of drug-likeness (QED) is 0.866. The lowest BCUT2D eigenvalue weighted by Gasteiger charge is -2.24. The lowest BCUT2D eigenvalue weighted by Crippen LogP contribution is -2.29. The second kappa shape index (κ2) is 6.94. The van der Waals surface area contributed by atoms with Crippen molar-refractivity contribution < 1.29 is 0 Å². The Labute approximate surface area is 120 Å². The van der Waals surface area contributed by atoms with Crippen LogP contribution in [0.15, 0.2) is 11.0 Å². The number of nitrogens with zero attached hydrogens (tertiary/aromatic N) is 2. The summed E-state index contributed by atoms with van der Waals surface area (Å²) in [6, 6.07) is 0.277. The van der Waals surface area contributed by atoms with Gasteiger partial charge in [0.1, 0.15) is 5.02 Å². The van der Waals surface area contributed by atoms with Crippen molar-refractivity contribution in [1.29, 1.82) is 0 Å². The molecule has 0 amide bonds. The van der Waals surface area contributed by atoms with Crippen LogP contribution in [-0.4, -0.2) is 15.8 Å². The fourth-order valence-electron chi connectivity index (χ4n) is 2.27. The predicted octanol–water partition coefficient (Wildman–Crippen LogP) is 3.71. The van der Waals surface area contributed by atoms with E-state index in [1.54, 1.807) is 6.20 Å². The minimum absolute atomic E-state index is 0.00973. The molecule has 0 radical (unpaired) electrons. The first-order chi connectivity index (χ1) is 8.92. The Morgan fingerprint density at radius 1 is 1.32 bits per heavy atom. The fourth-order valence-corrected chi connectivity index (χ4v) is 2.46. The van der Waals surface area contributed by atoms with Crippen molar-refractivity contribution in [2.45, 2.75) is 59.5 Å². The van der Waals surface area contributed by atoms with E-state index in [2.05, 4.69) is 31.2 Å². The standard InChI is InChI=1S/C14H24ClN3O/c1-6-11(7-2)10(5)17-12-8-16-18(9(3)4)14(19)13(12)15/h8-11,17H,6-7H2,1-5H3. The minimum Gasteiger partial charge on any atom is -0.380 e.